The molecule has 2 saturated heterocycles. The van der Waals surface area contributed by atoms with Crippen molar-refractivity contribution < 1.29 is 28.5 Å². The van der Waals surface area contributed by atoms with Crippen molar-refractivity contribution in [1.29, 1.82) is 0 Å². The van der Waals surface area contributed by atoms with Gasteiger partial charge in [0.05, 0.1) is 38.1 Å². The molecule has 1 aliphatic carbocycles. The molecule has 2 unspecified atom stereocenters. The van der Waals surface area contributed by atoms with Crippen LogP contribution in [0.3, 0.4) is 0 Å². The van der Waals surface area contributed by atoms with E-state index in [9.17, 15) is 9.59 Å². The van der Waals surface area contributed by atoms with Crippen LogP contribution in [0.1, 0.15) is 55.3 Å². The number of halogens is 1. The summed E-state index contributed by atoms with van der Waals surface area (Å²) in [5, 5.41) is 5.12. The van der Waals surface area contributed by atoms with Crippen LogP contribution in [-0.2, 0) is 39.0 Å². The molecular weight excluding hydrogens is 534 g/mol. The molecular formula is C30H40ClN3O6. The number of rotatable bonds is 9. The molecule has 5 rings (SSSR count). The Morgan fingerprint density at radius 1 is 1.10 bits per heavy atom. The standard InChI is InChI=1S/C30H40ClN3O6/c1-19-22(28(33(2)32-19)34-11-13-39-14-12-34)16-23-25(35)18-30(40-29(23)36,21-7-5-6-8-21)10-9-20-15-24(31)27(38-4)17-26(20)37-3/h15,17,21,23H,5-14,16,18H2,1-4H3. The first-order valence-electron chi connectivity index (χ1n) is 14.3. The van der Waals surface area contributed by atoms with E-state index in [2.05, 4.69) is 10.00 Å². The van der Waals surface area contributed by atoms with Crippen molar-refractivity contribution in [2.75, 3.05) is 45.4 Å². The van der Waals surface area contributed by atoms with Crippen LogP contribution in [0.25, 0.3) is 0 Å². The van der Waals surface area contributed by atoms with Crippen LogP contribution >= 0.6 is 11.6 Å². The maximum atomic E-state index is 13.8. The third-order valence-electron chi connectivity index (χ3n) is 8.95. The molecule has 3 aliphatic rings. The largest absolute Gasteiger partial charge is 0.496 e. The Labute approximate surface area is 241 Å². The molecule has 1 aromatic heterocycles. The number of methoxy groups -OCH3 is 2. The zero-order valence-electron chi connectivity index (χ0n) is 24.0. The number of cyclic esters (lactones) is 1. The molecule has 0 amide bonds. The fourth-order valence-corrected chi connectivity index (χ4v) is 7.11. The Bertz CT molecular complexity index is 1230. The molecule has 1 aromatic carbocycles. The number of aromatic nitrogens is 2. The van der Waals surface area contributed by atoms with Crippen molar-refractivity contribution in [1.82, 2.24) is 9.78 Å². The molecule has 0 bridgehead atoms. The molecule has 3 fully saturated rings. The van der Waals surface area contributed by atoms with Gasteiger partial charge in [-0.25, -0.2) is 0 Å². The summed E-state index contributed by atoms with van der Waals surface area (Å²) >= 11 is 6.43. The Kier molecular flexibility index (Phi) is 8.61. The average Bonchev–Trinajstić information content (AvgIpc) is 3.58. The summed E-state index contributed by atoms with van der Waals surface area (Å²) in [6, 6.07) is 3.62. The number of anilines is 1. The second-order valence-corrected chi connectivity index (χ2v) is 11.7. The number of morpholine rings is 1. The molecule has 1 saturated carbocycles. The number of carbonyl (C=O) groups is 2. The molecule has 10 heteroatoms. The van der Waals surface area contributed by atoms with Crippen molar-refractivity contribution >= 4 is 29.2 Å². The number of hydrogen-bond donors (Lipinski definition) is 0. The number of esters is 1. The molecule has 2 atom stereocenters. The first-order valence-corrected chi connectivity index (χ1v) is 14.6. The van der Waals surface area contributed by atoms with E-state index in [1.54, 1.807) is 20.3 Å². The van der Waals surface area contributed by atoms with E-state index in [1.165, 1.54) is 0 Å². The smallest absolute Gasteiger partial charge is 0.317 e. The van der Waals surface area contributed by atoms with Gasteiger partial charge in [-0.2, -0.15) is 5.10 Å². The average molecular weight is 574 g/mol. The highest BCUT2D eigenvalue weighted by molar-refractivity contribution is 6.32. The highest BCUT2D eigenvalue weighted by Crippen LogP contribution is 2.46. The molecule has 2 aliphatic heterocycles. The van der Waals surface area contributed by atoms with Crippen LogP contribution in [-0.4, -0.2) is 67.7 Å². The minimum atomic E-state index is -0.831. The SMILES string of the molecule is COc1cc(OC)c(CCC2(C3CCCC3)CC(=O)C(Cc3c(C)nn(C)c3N3CCOCC3)C(=O)O2)cc1Cl. The van der Waals surface area contributed by atoms with Gasteiger partial charge in [0.2, 0.25) is 0 Å². The van der Waals surface area contributed by atoms with Gasteiger partial charge < -0.3 is 23.8 Å². The van der Waals surface area contributed by atoms with Gasteiger partial charge in [-0.05, 0) is 56.6 Å². The number of benzene rings is 1. The highest BCUT2D eigenvalue weighted by Gasteiger charge is 2.51. The van der Waals surface area contributed by atoms with Gasteiger partial charge in [-0.3, -0.25) is 14.3 Å². The van der Waals surface area contributed by atoms with Crippen LogP contribution in [0.4, 0.5) is 5.82 Å². The first kappa shape index (κ1) is 28.7. The Morgan fingerprint density at radius 2 is 1.80 bits per heavy atom. The lowest BCUT2D eigenvalue weighted by molar-refractivity contribution is -0.185. The molecule has 0 N–H and O–H groups in total. The molecule has 0 spiro atoms. The van der Waals surface area contributed by atoms with E-state index < -0.39 is 17.5 Å². The predicted molar refractivity (Wildman–Crippen MR) is 151 cm³/mol. The van der Waals surface area contributed by atoms with Crippen molar-refractivity contribution in [2.45, 2.75) is 63.9 Å². The van der Waals surface area contributed by atoms with Crippen LogP contribution in [0.2, 0.25) is 5.02 Å². The zero-order valence-corrected chi connectivity index (χ0v) is 24.7. The summed E-state index contributed by atoms with van der Waals surface area (Å²) in [4.78, 5) is 29.8. The number of ketones is 1. The summed E-state index contributed by atoms with van der Waals surface area (Å²) in [5.41, 5.74) is 1.85. The van der Waals surface area contributed by atoms with E-state index in [4.69, 9.17) is 30.5 Å². The number of aryl methyl sites for hydroxylation is 3. The van der Waals surface area contributed by atoms with E-state index in [0.29, 0.717) is 49.0 Å². The molecule has 40 heavy (non-hydrogen) atoms. The van der Waals surface area contributed by atoms with Gasteiger partial charge in [0.25, 0.3) is 0 Å². The zero-order chi connectivity index (χ0) is 28.4. The summed E-state index contributed by atoms with van der Waals surface area (Å²) in [6.07, 6.45) is 5.69. The van der Waals surface area contributed by atoms with Crippen LogP contribution in [0.5, 0.6) is 11.5 Å². The summed E-state index contributed by atoms with van der Waals surface area (Å²) in [5.74, 6) is 1.02. The van der Waals surface area contributed by atoms with Gasteiger partial charge in [-0.1, -0.05) is 24.4 Å². The van der Waals surface area contributed by atoms with Crippen LogP contribution in [0.15, 0.2) is 12.1 Å². The number of Topliss-reactive ketones (excluding diaryl/α,β-unsaturated/α-hetero) is 1. The maximum Gasteiger partial charge on any atom is 0.317 e. The molecule has 3 heterocycles. The van der Waals surface area contributed by atoms with Crippen molar-refractivity contribution in [3.8, 4) is 11.5 Å². The fraction of sp³-hybridized carbons (Fsp3) is 0.633. The number of nitrogens with zero attached hydrogens (tertiary/aromatic N) is 3. The maximum absolute atomic E-state index is 13.8. The normalized spacial score (nSPS) is 23.9. The first-order chi connectivity index (χ1) is 19.3. The topological polar surface area (TPSA) is 92.1 Å². The van der Waals surface area contributed by atoms with E-state index in [0.717, 1.165) is 61.4 Å². The van der Waals surface area contributed by atoms with Crippen LogP contribution < -0.4 is 14.4 Å². The summed E-state index contributed by atoms with van der Waals surface area (Å²) < 4.78 is 24.7. The van der Waals surface area contributed by atoms with Crippen molar-refractivity contribution in [2.24, 2.45) is 18.9 Å². The van der Waals surface area contributed by atoms with E-state index >= 15 is 0 Å². The summed E-state index contributed by atoms with van der Waals surface area (Å²) in [6.45, 7) is 4.72. The Hall–Kier alpha value is -2.78. The van der Waals surface area contributed by atoms with E-state index in [1.807, 2.05) is 24.7 Å². The molecule has 2 aromatic rings. The Balaban J connectivity index is 1.38. The third kappa shape index (κ3) is 5.55. The number of ether oxygens (including phenoxy) is 4. The minimum Gasteiger partial charge on any atom is -0.496 e. The van der Waals surface area contributed by atoms with Crippen LogP contribution in [0, 0.1) is 18.8 Å². The predicted octanol–water partition coefficient (Wildman–Crippen LogP) is 4.47. The molecule has 9 nitrogen and oxygen atoms in total. The minimum absolute atomic E-state index is 0.0425. The third-order valence-corrected chi connectivity index (χ3v) is 9.25. The van der Waals surface area contributed by atoms with Gasteiger partial charge in [0.1, 0.15) is 28.8 Å². The van der Waals surface area contributed by atoms with Crippen molar-refractivity contribution in [3.05, 3.63) is 34.0 Å². The lowest BCUT2D eigenvalue weighted by atomic mass is 9.73. The van der Waals surface area contributed by atoms with Gasteiger partial charge in [-0.15, -0.1) is 0 Å². The lowest BCUT2D eigenvalue weighted by Crippen LogP contribution is -2.52. The second kappa shape index (κ2) is 12.0. The lowest BCUT2D eigenvalue weighted by Gasteiger charge is -2.43. The summed E-state index contributed by atoms with van der Waals surface area (Å²) in [7, 11) is 5.09. The quantitative estimate of drug-likeness (QED) is 0.320. The second-order valence-electron chi connectivity index (χ2n) is 11.3. The highest BCUT2D eigenvalue weighted by atomic mass is 35.5. The van der Waals surface area contributed by atoms with Gasteiger partial charge >= 0.3 is 5.97 Å². The van der Waals surface area contributed by atoms with E-state index in [-0.39, 0.29) is 18.1 Å². The fourth-order valence-electron chi connectivity index (χ4n) is 6.85. The monoisotopic (exact) mass is 573 g/mol. The van der Waals surface area contributed by atoms with Crippen molar-refractivity contribution in [3.63, 3.8) is 0 Å². The number of hydrogen-bond acceptors (Lipinski definition) is 8. The molecule has 0 radical (unpaired) electrons. The van der Waals surface area contributed by atoms with Gasteiger partial charge in [0, 0.05) is 38.2 Å². The number of carbonyl (C=O) groups excluding carboxylic acids is 2. The Morgan fingerprint density at radius 3 is 2.45 bits per heavy atom. The van der Waals surface area contributed by atoms with Gasteiger partial charge in [0.15, 0.2) is 5.78 Å². The molecule has 218 valence electrons.